The molecule has 0 saturated carbocycles. The molecule has 2 rings (SSSR count). The van der Waals surface area contributed by atoms with Crippen molar-refractivity contribution in [2.45, 2.75) is 12.2 Å². The predicted molar refractivity (Wildman–Crippen MR) is 74.7 cm³/mol. The van der Waals surface area contributed by atoms with Crippen LogP contribution in [0, 0.1) is 5.82 Å². The maximum atomic E-state index is 13.2. The highest BCUT2D eigenvalue weighted by Gasteiger charge is 2.35. The van der Waals surface area contributed by atoms with Crippen molar-refractivity contribution in [1.82, 2.24) is 5.43 Å². The summed E-state index contributed by atoms with van der Waals surface area (Å²) < 4.78 is 52.7. The molecule has 0 spiro atoms. The fourth-order valence-electron chi connectivity index (χ4n) is 2.05. The highest BCUT2D eigenvalue weighted by molar-refractivity contribution is 9.10. The van der Waals surface area contributed by atoms with E-state index < -0.39 is 23.6 Å². The predicted octanol–water partition coefficient (Wildman–Crippen LogP) is 4.16. The molecule has 0 amide bonds. The first-order valence-corrected chi connectivity index (χ1v) is 6.70. The lowest BCUT2D eigenvalue weighted by Crippen LogP contribution is -2.30. The van der Waals surface area contributed by atoms with Gasteiger partial charge in [-0.2, -0.15) is 13.2 Å². The number of hydrogen-bond donors (Lipinski definition) is 2. The molecule has 0 aromatic heterocycles. The summed E-state index contributed by atoms with van der Waals surface area (Å²) >= 11 is 3.02. The van der Waals surface area contributed by atoms with Crippen molar-refractivity contribution in [1.29, 1.82) is 0 Å². The fraction of sp³-hybridized carbons (Fsp3) is 0.143. The second-order valence-corrected chi connectivity index (χ2v) is 5.30. The summed E-state index contributed by atoms with van der Waals surface area (Å²) in [5.41, 5.74) is 1.96. The number of hydrazine groups is 1. The summed E-state index contributed by atoms with van der Waals surface area (Å²) in [6.07, 6.45) is -4.52. The van der Waals surface area contributed by atoms with Gasteiger partial charge in [-0.25, -0.2) is 9.82 Å². The average molecular weight is 363 g/mol. The van der Waals surface area contributed by atoms with Crippen LogP contribution in [0.5, 0.6) is 0 Å². The first-order chi connectivity index (χ1) is 9.82. The van der Waals surface area contributed by atoms with Gasteiger partial charge in [0.1, 0.15) is 5.82 Å². The zero-order valence-corrected chi connectivity index (χ0v) is 12.2. The van der Waals surface area contributed by atoms with Crippen LogP contribution in [0.2, 0.25) is 0 Å². The molecular formula is C14H11BrF4N2. The van der Waals surface area contributed by atoms with Crippen LogP contribution in [-0.4, -0.2) is 0 Å². The largest absolute Gasteiger partial charge is 0.416 e. The van der Waals surface area contributed by atoms with Crippen LogP contribution in [0.1, 0.15) is 22.7 Å². The molecule has 0 saturated heterocycles. The average Bonchev–Trinajstić information content (AvgIpc) is 2.42. The number of hydrogen-bond acceptors (Lipinski definition) is 2. The van der Waals surface area contributed by atoms with Gasteiger partial charge in [-0.05, 0) is 35.4 Å². The van der Waals surface area contributed by atoms with Crippen molar-refractivity contribution in [2.24, 2.45) is 5.84 Å². The molecule has 0 bridgehead atoms. The molecule has 0 radical (unpaired) electrons. The molecule has 7 heteroatoms. The second-order valence-electron chi connectivity index (χ2n) is 4.38. The van der Waals surface area contributed by atoms with E-state index in [-0.39, 0.29) is 5.56 Å². The minimum Gasteiger partial charge on any atom is -0.271 e. The third-order valence-corrected chi connectivity index (χ3v) is 3.50. The molecule has 3 N–H and O–H groups in total. The molecule has 0 aliphatic carbocycles. The van der Waals surface area contributed by atoms with E-state index in [1.807, 2.05) is 0 Å². The highest BCUT2D eigenvalue weighted by atomic mass is 79.9. The maximum Gasteiger partial charge on any atom is 0.416 e. The van der Waals surface area contributed by atoms with Crippen LogP contribution in [-0.2, 0) is 6.18 Å². The maximum absolute atomic E-state index is 13.2. The van der Waals surface area contributed by atoms with Crippen LogP contribution < -0.4 is 11.3 Å². The monoisotopic (exact) mass is 362 g/mol. The molecule has 0 heterocycles. The Kier molecular flexibility index (Phi) is 4.65. The van der Waals surface area contributed by atoms with Crippen LogP contribution in [0.4, 0.5) is 17.6 Å². The van der Waals surface area contributed by atoms with Gasteiger partial charge in [0.05, 0.1) is 11.6 Å². The lowest BCUT2D eigenvalue weighted by Gasteiger charge is -2.22. The Morgan fingerprint density at radius 2 is 1.67 bits per heavy atom. The molecule has 1 atom stereocenters. The number of nitrogens with one attached hydrogen (secondary N) is 1. The molecule has 21 heavy (non-hydrogen) atoms. The van der Waals surface area contributed by atoms with Gasteiger partial charge in [0.2, 0.25) is 0 Å². The minimum absolute atomic E-state index is 0.0280. The molecular weight excluding hydrogens is 352 g/mol. The quantitative estimate of drug-likeness (QED) is 0.488. The summed E-state index contributed by atoms with van der Waals surface area (Å²) in [4.78, 5) is 0. The highest BCUT2D eigenvalue weighted by Crippen LogP contribution is 2.37. The number of halogens is 5. The normalized spacial score (nSPS) is 13.2. The molecule has 2 aromatic rings. The van der Waals surface area contributed by atoms with Gasteiger partial charge in [-0.15, -0.1) is 0 Å². The van der Waals surface area contributed by atoms with E-state index in [0.29, 0.717) is 10.0 Å². The number of benzene rings is 2. The number of nitrogens with two attached hydrogens (primary N) is 1. The molecule has 0 aliphatic rings. The van der Waals surface area contributed by atoms with Crippen LogP contribution in [0.15, 0.2) is 46.9 Å². The summed E-state index contributed by atoms with van der Waals surface area (Å²) in [5, 5.41) is 0. The summed E-state index contributed by atoms with van der Waals surface area (Å²) in [6.45, 7) is 0. The van der Waals surface area contributed by atoms with Gasteiger partial charge in [0.15, 0.2) is 0 Å². The van der Waals surface area contributed by atoms with Crippen molar-refractivity contribution in [2.75, 3.05) is 0 Å². The number of rotatable bonds is 3. The van der Waals surface area contributed by atoms with Crippen LogP contribution >= 0.6 is 15.9 Å². The molecule has 112 valence electrons. The smallest absolute Gasteiger partial charge is 0.271 e. The van der Waals surface area contributed by atoms with Gasteiger partial charge in [0.25, 0.3) is 0 Å². The van der Waals surface area contributed by atoms with E-state index >= 15 is 0 Å². The molecule has 2 aromatic carbocycles. The van der Waals surface area contributed by atoms with E-state index in [1.54, 1.807) is 0 Å². The first kappa shape index (κ1) is 15.9. The van der Waals surface area contributed by atoms with Crippen molar-refractivity contribution in [3.63, 3.8) is 0 Å². The Hall–Kier alpha value is -1.44. The summed E-state index contributed by atoms with van der Waals surface area (Å²) in [7, 11) is 0. The first-order valence-electron chi connectivity index (χ1n) is 5.91. The zero-order valence-electron chi connectivity index (χ0n) is 10.6. The van der Waals surface area contributed by atoms with Crippen LogP contribution in [0.25, 0.3) is 0 Å². The van der Waals surface area contributed by atoms with E-state index in [2.05, 4.69) is 21.4 Å². The van der Waals surface area contributed by atoms with E-state index in [9.17, 15) is 17.6 Å². The van der Waals surface area contributed by atoms with Crippen molar-refractivity contribution < 1.29 is 17.6 Å². The van der Waals surface area contributed by atoms with Crippen molar-refractivity contribution >= 4 is 15.9 Å². The fourth-order valence-corrected chi connectivity index (χ4v) is 2.41. The SMILES string of the molecule is NNC(c1ccc(F)cc1)c1ccc(Br)cc1C(F)(F)F. The number of alkyl halides is 3. The topological polar surface area (TPSA) is 38.0 Å². The molecule has 1 unspecified atom stereocenters. The second kappa shape index (κ2) is 6.13. The zero-order chi connectivity index (χ0) is 15.6. The third kappa shape index (κ3) is 3.61. The summed E-state index contributed by atoms with van der Waals surface area (Å²) in [6, 6.07) is 8.06. The van der Waals surface area contributed by atoms with E-state index in [0.717, 1.165) is 6.07 Å². The third-order valence-electron chi connectivity index (χ3n) is 3.00. The molecule has 2 nitrogen and oxygen atoms in total. The van der Waals surface area contributed by atoms with Gasteiger partial charge in [-0.3, -0.25) is 5.84 Å². The minimum atomic E-state index is -4.52. The van der Waals surface area contributed by atoms with Crippen molar-refractivity contribution in [3.8, 4) is 0 Å². The van der Waals surface area contributed by atoms with Gasteiger partial charge in [0, 0.05) is 4.47 Å². The van der Waals surface area contributed by atoms with E-state index in [4.69, 9.17) is 5.84 Å². The van der Waals surface area contributed by atoms with Crippen molar-refractivity contribution in [3.05, 3.63) is 69.4 Å². The Labute approximate surface area is 127 Å². The van der Waals surface area contributed by atoms with Crippen LogP contribution in [0.3, 0.4) is 0 Å². The summed E-state index contributed by atoms with van der Waals surface area (Å²) in [5.74, 6) is 4.93. The molecule has 0 aliphatic heterocycles. The van der Waals surface area contributed by atoms with Gasteiger partial charge >= 0.3 is 6.18 Å². The lowest BCUT2D eigenvalue weighted by atomic mass is 9.94. The Bertz CT molecular complexity index is 626. The molecule has 0 fully saturated rings. The Balaban J connectivity index is 2.55. The van der Waals surface area contributed by atoms with Gasteiger partial charge in [-0.1, -0.05) is 34.1 Å². The van der Waals surface area contributed by atoms with E-state index in [1.165, 1.54) is 36.4 Å². The lowest BCUT2D eigenvalue weighted by molar-refractivity contribution is -0.138. The van der Waals surface area contributed by atoms with Gasteiger partial charge < -0.3 is 0 Å². The standard InChI is InChI=1S/C14H11BrF4N2/c15-9-3-6-11(12(7-9)14(17,18)19)13(21-20)8-1-4-10(16)5-2-8/h1-7,13,21H,20H2. The Morgan fingerprint density at radius 3 is 2.19 bits per heavy atom. The Morgan fingerprint density at radius 1 is 1.05 bits per heavy atom.